The highest BCUT2D eigenvalue weighted by atomic mass is 19.1. The number of halogens is 1. The Kier molecular flexibility index (Phi) is 6.87. The fourth-order valence-electron chi connectivity index (χ4n) is 2.57. The molecule has 2 rings (SSSR count). The van der Waals surface area contributed by atoms with Gasteiger partial charge < -0.3 is 14.6 Å². The standard InChI is InChI=1S/C20H23FN2O4/c1-4-5-9-27-20(26)15-10-16(18(24)22-3)19(25)23(12-15)11-14-8-6-7-13(2)17(14)21/h6-8,10,12H,4-5,9,11H2,1-3H3,(H,22,24). The number of amides is 1. The Morgan fingerprint density at radius 3 is 2.70 bits per heavy atom. The summed E-state index contributed by atoms with van der Waals surface area (Å²) in [6.45, 7) is 3.73. The molecular formula is C20H23FN2O4. The van der Waals surface area contributed by atoms with Crippen molar-refractivity contribution in [2.45, 2.75) is 33.2 Å². The van der Waals surface area contributed by atoms with Crippen molar-refractivity contribution in [1.29, 1.82) is 0 Å². The van der Waals surface area contributed by atoms with E-state index < -0.39 is 23.3 Å². The molecule has 0 saturated heterocycles. The zero-order chi connectivity index (χ0) is 20.0. The van der Waals surface area contributed by atoms with Crippen molar-refractivity contribution in [3.05, 3.63) is 68.9 Å². The third-order valence-electron chi connectivity index (χ3n) is 4.14. The molecule has 0 aliphatic rings. The number of nitrogens with zero attached hydrogens (tertiary/aromatic N) is 1. The summed E-state index contributed by atoms with van der Waals surface area (Å²) >= 11 is 0. The van der Waals surface area contributed by atoms with E-state index in [1.54, 1.807) is 25.1 Å². The van der Waals surface area contributed by atoms with Crippen molar-refractivity contribution in [2.24, 2.45) is 0 Å². The molecule has 0 saturated carbocycles. The molecule has 6 nitrogen and oxygen atoms in total. The number of benzene rings is 1. The number of esters is 1. The molecule has 0 bridgehead atoms. The number of carbonyl (C=O) groups excluding carboxylic acids is 2. The molecule has 27 heavy (non-hydrogen) atoms. The monoisotopic (exact) mass is 374 g/mol. The maximum Gasteiger partial charge on any atom is 0.339 e. The molecule has 1 aromatic carbocycles. The number of hydrogen-bond acceptors (Lipinski definition) is 4. The van der Waals surface area contributed by atoms with Crippen molar-refractivity contribution in [2.75, 3.05) is 13.7 Å². The van der Waals surface area contributed by atoms with E-state index in [0.29, 0.717) is 12.0 Å². The fourth-order valence-corrected chi connectivity index (χ4v) is 2.57. The summed E-state index contributed by atoms with van der Waals surface area (Å²) in [4.78, 5) is 37.0. The first-order valence-electron chi connectivity index (χ1n) is 8.76. The van der Waals surface area contributed by atoms with E-state index >= 15 is 0 Å². The number of carbonyl (C=O) groups is 2. The molecular weight excluding hydrogens is 351 g/mol. The summed E-state index contributed by atoms with van der Waals surface area (Å²) in [5, 5.41) is 2.37. The molecule has 0 radical (unpaired) electrons. The lowest BCUT2D eigenvalue weighted by Gasteiger charge is -2.12. The Hall–Kier alpha value is -2.96. The molecule has 0 atom stereocenters. The molecule has 1 N–H and O–H groups in total. The smallest absolute Gasteiger partial charge is 0.339 e. The Bertz CT molecular complexity index is 905. The topological polar surface area (TPSA) is 77.4 Å². The third kappa shape index (κ3) is 4.81. The molecule has 1 amide bonds. The number of aromatic nitrogens is 1. The lowest BCUT2D eigenvalue weighted by molar-refractivity contribution is 0.0498. The maximum atomic E-state index is 14.3. The summed E-state index contributed by atoms with van der Waals surface area (Å²) in [7, 11) is 1.39. The van der Waals surface area contributed by atoms with Crippen molar-refractivity contribution >= 4 is 11.9 Å². The van der Waals surface area contributed by atoms with Gasteiger partial charge in [-0.25, -0.2) is 9.18 Å². The van der Waals surface area contributed by atoms with Gasteiger partial charge in [-0.05, 0) is 25.0 Å². The van der Waals surface area contributed by atoms with Gasteiger partial charge in [-0.3, -0.25) is 9.59 Å². The second-order valence-corrected chi connectivity index (χ2v) is 6.19. The molecule has 1 aromatic heterocycles. The van der Waals surface area contributed by atoms with Crippen LogP contribution in [0.2, 0.25) is 0 Å². The lowest BCUT2D eigenvalue weighted by Crippen LogP contribution is -2.32. The predicted octanol–water partition coefficient (Wildman–Crippen LogP) is 2.66. The summed E-state index contributed by atoms with van der Waals surface area (Å²) < 4.78 is 20.6. The van der Waals surface area contributed by atoms with E-state index in [9.17, 15) is 18.8 Å². The highest BCUT2D eigenvalue weighted by Crippen LogP contribution is 2.14. The van der Waals surface area contributed by atoms with Gasteiger partial charge in [0.1, 0.15) is 11.4 Å². The van der Waals surface area contributed by atoms with E-state index in [4.69, 9.17) is 4.74 Å². The minimum Gasteiger partial charge on any atom is -0.462 e. The van der Waals surface area contributed by atoms with Crippen LogP contribution in [-0.4, -0.2) is 30.1 Å². The van der Waals surface area contributed by atoms with Crippen LogP contribution < -0.4 is 10.9 Å². The van der Waals surface area contributed by atoms with Crippen LogP contribution in [0.15, 0.2) is 35.3 Å². The van der Waals surface area contributed by atoms with Gasteiger partial charge in [0.15, 0.2) is 0 Å². The van der Waals surface area contributed by atoms with Crippen LogP contribution in [0.25, 0.3) is 0 Å². The quantitative estimate of drug-likeness (QED) is 0.597. The van der Waals surface area contributed by atoms with Crippen LogP contribution in [0.3, 0.4) is 0 Å². The van der Waals surface area contributed by atoms with Crippen LogP contribution in [0.4, 0.5) is 4.39 Å². The number of hydrogen-bond donors (Lipinski definition) is 1. The van der Waals surface area contributed by atoms with Gasteiger partial charge in [-0.15, -0.1) is 0 Å². The lowest BCUT2D eigenvalue weighted by atomic mass is 10.1. The minimum absolute atomic E-state index is 0.0670. The van der Waals surface area contributed by atoms with Crippen LogP contribution in [-0.2, 0) is 11.3 Å². The number of rotatable bonds is 7. The predicted molar refractivity (Wildman–Crippen MR) is 99.5 cm³/mol. The molecule has 0 aliphatic carbocycles. The van der Waals surface area contributed by atoms with Crippen molar-refractivity contribution < 1.29 is 18.7 Å². The zero-order valence-corrected chi connectivity index (χ0v) is 15.7. The summed E-state index contributed by atoms with van der Waals surface area (Å²) in [6, 6.07) is 6.07. The highest BCUT2D eigenvalue weighted by molar-refractivity contribution is 5.97. The number of pyridine rings is 1. The number of nitrogens with one attached hydrogen (secondary N) is 1. The number of unbranched alkanes of at least 4 members (excludes halogenated alkanes) is 1. The second-order valence-electron chi connectivity index (χ2n) is 6.19. The first-order valence-corrected chi connectivity index (χ1v) is 8.76. The van der Waals surface area contributed by atoms with Gasteiger partial charge in [0.2, 0.25) is 0 Å². The van der Waals surface area contributed by atoms with E-state index in [-0.39, 0.29) is 29.8 Å². The molecule has 0 spiro atoms. The van der Waals surface area contributed by atoms with E-state index in [0.717, 1.165) is 11.0 Å². The second kappa shape index (κ2) is 9.12. The van der Waals surface area contributed by atoms with Gasteiger partial charge in [0.25, 0.3) is 11.5 Å². The first-order chi connectivity index (χ1) is 12.9. The molecule has 2 aromatic rings. The van der Waals surface area contributed by atoms with E-state index in [1.807, 2.05) is 6.92 Å². The maximum absolute atomic E-state index is 14.3. The summed E-state index contributed by atoms with van der Waals surface area (Å²) in [6.07, 6.45) is 2.87. The van der Waals surface area contributed by atoms with Crippen LogP contribution in [0.5, 0.6) is 0 Å². The van der Waals surface area contributed by atoms with Gasteiger partial charge in [-0.2, -0.15) is 0 Å². The summed E-state index contributed by atoms with van der Waals surface area (Å²) in [5.74, 6) is -1.68. The van der Waals surface area contributed by atoms with E-state index in [1.165, 1.54) is 19.3 Å². The van der Waals surface area contributed by atoms with Crippen LogP contribution in [0.1, 0.15) is 51.6 Å². The van der Waals surface area contributed by atoms with Gasteiger partial charge in [-0.1, -0.05) is 31.5 Å². The Labute approximate surface area is 157 Å². The molecule has 1 heterocycles. The van der Waals surface area contributed by atoms with Crippen LogP contribution >= 0.6 is 0 Å². The SMILES string of the molecule is CCCCOC(=O)c1cc(C(=O)NC)c(=O)n(Cc2cccc(C)c2F)c1. The van der Waals surface area contributed by atoms with Crippen molar-refractivity contribution in [3.63, 3.8) is 0 Å². The first kappa shape index (κ1) is 20.4. The van der Waals surface area contributed by atoms with Gasteiger partial charge >= 0.3 is 5.97 Å². The van der Waals surface area contributed by atoms with E-state index in [2.05, 4.69) is 5.32 Å². The molecule has 0 unspecified atom stereocenters. The molecule has 0 fully saturated rings. The largest absolute Gasteiger partial charge is 0.462 e. The van der Waals surface area contributed by atoms with Gasteiger partial charge in [0.05, 0.1) is 18.7 Å². The van der Waals surface area contributed by atoms with Crippen molar-refractivity contribution in [1.82, 2.24) is 9.88 Å². The minimum atomic E-state index is -0.632. The Morgan fingerprint density at radius 1 is 1.30 bits per heavy atom. The summed E-state index contributed by atoms with van der Waals surface area (Å²) in [5.41, 5.74) is -0.00751. The Morgan fingerprint density at radius 2 is 2.04 bits per heavy atom. The third-order valence-corrected chi connectivity index (χ3v) is 4.14. The molecule has 7 heteroatoms. The number of ether oxygens (including phenoxy) is 1. The van der Waals surface area contributed by atoms with Gasteiger partial charge in [0, 0.05) is 18.8 Å². The Balaban J connectivity index is 2.47. The average Bonchev–Trinajstić information content (AvgIpc) is 2.66. The highest BCUT2D eigenvalue weighted by Gasteiger charge is 2.18. The van der Waals surface area contributed by atoms with Crippen molar-refractivity contribution in [3.8, 4) is 0 Å². The number of aryl methyl sites for hydroxylation is 1. The van der Waals surface area contributed by atoms with Crippen LogP contribution in [0, 0.1) is 12.7 Å². The fraction of sp³-hybridized carbons (Fsp3) is 0.350. The average molecular weight is 374 g/mol. The normalized spacial score (nSPS) is 10.5. The molecule has 144 valence electrons. The molecule has 0 aliphatic heterocycles. The zero-order valence-electron chi connectivity index (χ0n) is 15.7.